The van der Waals surface area contributed by atoms with E-state index in [0.29, 0.717) is 17.0 Å². The molecule has 0 atom stereocenters. The van der Waals surface area contributed by atoms with Crippen LogP contribution in [0, 0.1) is 6.92 Å². The number of hydrogen-bond donors (Lipinski definition) is 3. The van der Waals surface area contributed by atoms with E-state index in [-0.39, 0.29) is 28.9 Å². The van der Waals surface area contributed by atoms with E-state index in [1.165, 1.54) is 38.5 Å². The van der Waals surface area contributed by atoms with Crippen molar-refractivity contribution in [2.75, 3.05) is 0 Å². The number of benzene rings is 2. The number of hydrogen-bond acceptors (Lipinski definition) is 7. The number of carbonyl (C=O) groups is 4. The molecule has 2 amide bonds. The second-order valence-electron chi connectivity index (χ2n) is 8.05. The summed E-state index contributed by atoms with van der Waals surface area (Å²) in [6, 6.07) is 18.6. The maximum atomic E-state index is 12.3. The number of primary amides is 2. The van der Waals surface area contributed by atoms with E-state index in [0.717, 1.165) is 11.1 Å². The second-order valence-corrected chi connectivity index (χ2v) is 8.05. The first-order valence-electron chi connectivity index (χ1n) is 13.6. The first-order chi connectivity index (χ1) is 20.9. The lowest BCUT2D eigenvalue weighted by Gasteiger charge is -2.09. The SMILES string of the molecule is CC.CC.CC(=O)C(C(C)=O)c1ccccc1.CC(N)=O.CC(N)=O.Cc1nc2nc[nH]n2c(=O)c1-c1ccccc1.II. The molecule has 0 saturated carbocycles. The third-order valence-corrected chi connectivity index (χ3v) is 4.62. The van der Waals surface area contributed by atoms with Crippen LogP contribution in [0.15, 0.2) is 71.8 Å². The van der Waals surface area contributed by atoms with Gasteiger partial charge in [0.1, 0.15) is 23.8 Å². The van der Waals surface area contributed by atoms with Crippen molar-refractivity contribution >= 4 is 66.4 Å². The number of nitrogens with zero attached hydrogens (tertiary/aromatic N) is 3. The molecule has 0 aliphatic carbocycles. The largest absolute Gasteiger partial charge is 0.370 e. The molecule has 11 nitrogen and oxygen atoms in total. The van der Waals surface area contributed by atoms with Crippen LogP contribution in [0.3, 0.4) is 0 Å². The van der Waals surface area contributed by atoms with Crippen LogP contribution in [0.1, 0.15) is 72.6 Å². The zero-order chi connectivity index (χ0) is 34.8. The number of aromatic nitrogens is 4. The number of halogens is 2. The number of aryl methyl sites for hydroxylation is 1. The number of aromatic amines is 1. The van der Waals surface area contributed by atoms with Crippen molar-refractivity contribution in [3.8, 4) is 11.1 Å². The van der Waals surface area contributed by atoms with Crippen LogP contribution >= 0.6 is 37.2 Å². The molecule has 5 N–H and O–H groups in total. The summed E-state index contributed by atoms with van der Waals surface area (Å²) >= 11 is 4.24. The fourth-order valence-electron chi connectivity index (χ4n) is 3.30. The number of nitrogens with one attached hydrogen (secondary N) is 1. The van der Waals surface area contributed by atoms with Gasteiger partial charge in [-0.2, -0.15) is 4.52 Å². The Labute approximate surface area is 282 Å². The summed E-state index contributed by atoms with van der Waals surface area (Å²) < 4.78 is 1.34. The lowest BCUT2D eigenvalue weighted by atomic mass is 9.92. The minimum atomic E-state index is -0.582. The number of fused-ring (bicyclic) bond motifs is 1. The van der Waals surface area contributed by atoms with Crippen LogP contribution in [-0.2, 0) is 19.2 Å². The lowest BCUT2D eigenvalue weighted by molar-refractivity contribution is -0.127. The van der Waals surface area contributed by atoms with Crippen LogP contribution in [0.5, 0.6) is 0 Å². The minimum Gasteiger partial charge on any atom is -0.370 e. The van der Waals surface area contributed by atoms with Gasteiger partial charge in [-0.05, 0) is 31.9 Å². The molecule has 0 bridgehead atoms. The molecule has 2 heterocycles. The molecule has 4 aromatic rings. The Morgan fingerprint density at radius 3 is 1.55 bits per heavy atom. The molecule has 242 valence electrons. The predicted octanol–water partition coefficient (Wildman–Crippen LogP) is 6.15. The normalized spacial score (nSPS) is 8.73. The zero-order valence-electron chi connectivity index (χ0n) is 26.7. The molecule has 0 saturated heterocycles. The average Bonchev–Trinajstić information content (AvgIpc) is 3.46. The van der Waals surface area contributed by atoms with Crippen molar-refractivity contribution in [3.63, 3.8) is 0 Å². The van der Waals surface area contributed by atoms with E-state index in [4.69, 9.17) is 0 Å². The van der Waals surface area contributed by atoms with Crippen molar-refractivity contribution in [2.24, 2.45) is 11.5 Å². The molecule has 0 aliphatic heterocycles. The quantitative estimate of drug-likeness (QED) is 0.163. The summed E-state index contributed by atoms with van der Waals surface area (Å²) in [5.41, 5.74) is 11.8. The van der Waals surface area contributed by atoms with Crippen LogP contribution in [0.2, 0.25) is 0 Å². The van der Waals surface area contributed by atoms with Crippen molar-refractivity contribution < 1.29 is 19.2 Å². The highest BCUT2D eigenvalue weighted by Gasteiger charge is 2.20. The summed E-state index contributed by atoms with van der Waals surface area (Å²) in [7, 11) is 0. The molecule has 0 spiro atoms. The van der Waals surface area contributed by atoms with Gasteiger partial charge in [-0.15, -0.1) is 0 Å². The number of carbonyl (C=O) groups excluding carboxylic acids is 4. The molecular weight excluding hydrogens is 790 g/mol. The molecule has 4 rings (SSSR count). The Morgan fingerprint density at radius 1 is 0.773 bits per heavy atom. The molecule has 0 unspecified atom stereocenters. The molecule has 2 aromatic carbocycles. The van der Waals surface area contributed by atoms with Gasteiger partial charge in [0.2, 0.25) is 11.8 Å². The number of nitrogens with two attached hydrogens (primary N) is 2. The summed E-state index contributed by atoms with van der Waals surface area (Å²) in [5.74, 6) is -1.05. The fraction of sp³-hybridized carbons (Fsp3) is 0.323. The monoisotopic (exact) mass is 834 g/mol. The molecule has 0 aliphatic rings. The Bertz CT molecular complexity index is 1410. The number of ketones is 2. The van der Waals surface area contributed by atoms with E-state index in [1.807, 2.05) is 83.1 Å². The Balaban J connectivity index is -0.000000551. The summed E-state index contributed by atoms with van der Waals surface area (Å²) in [4.78, 5) is 61.3. The van der Waals surface area contributed by atoms with Gasteiger partial charge in [0.25, 0.3) is 11.3 Å². The fourth-order valence-corrected chi connectivity index (χ4v) is 3.30. The van der Waals surface area contributed by atoms with Crippen LogP contribution in [0.4, 0.5) is 0 Å². The second kappa shape index (κ2) is 27.1. The van der Waals surface area contributed by atoms with E-state index in [2.05, 4.69) is 63.8 Å². The molecule has 44 heavy (non-hydrogen) atoms. The Hall–Kier alpha value is -3.47. The predicted molar refractivity (Wildman–Crippen MR) is 195 cm³/mol. The maximum absolute atomic E-state index is 12.3. The molecule has 0 fully saturated rings. The van der Waals surface area contributed by atoms with E-state index in [9.17, 15) is 24.0 Å². The zero-order valence-corrected chi connectivity index (χ0v) is 31.0. The molecule has 0 radical (unpaired) electrons. The van der Waals surface area contributed by atoms with E-state index in [1.54, 1.807) is 12.1 Å². The minimum absolute atomic E-state index is 0.0984. The summed E-state index contributed by atoms with van der Waals surface area (Å²) in [6.07, 6.45) is 1.46. The third kappa shape index (κ3) is 18.3. The van der Waals surface area contributed by atoms with E-state index >= 15 is 0 Å². The van der Waals surface area contributed by atoms with E-state index < -0.39 is 5.92 Å². The number of amides is 2. The Morgan fingerprint density at radius 2 is 1.16 bits per heavy atom. The average molecular weight is 835 g/mol. The molecular formula is C31H44I2N6O5. The highest BCUT2D eigenvalue weighted by molar-refractivity contribution is 15.0. The molecule has 2 aromatic heterocycles. The van der Waals surface area contributed by atoms with Crippen LogP contribution < -0.4 is 17.0 Å². The van der Waals surface area contributed by atoms with Crippen molar-refractivity contribution in [3.05, 3.63) is 88.6 Å². The first-order valence-corrected chi connectivity index (χ1v) is 19.9. The molecule has 13 heteroatoms. The van der Waals surface area contributed by atoms with Gasteiger partial charge in [-0.3, -0.25) is 29.1 Å². The van der Waals surface area contributed by atoms with Crippen LogP contribution in [-0.4, -0.2) is 43.0 Å². The lowest BCUT2D eigenvalue weighted by Crippen LogP contribution is -2.19. The van der Waals surface area contributed by atoms with Gasteiger partial charge < -0.3 is 11.5 Å². The number of H-pyrrole nitrogens is 1. The summed E-state index contributed by atoms with van der Waals surface area (Å²) in [6.45, 7) is 15.3. The number of rotatable bonds is 4. The summed E-state index contributed by atoms with van der Waals surface area (Å²) in [5, 5.41) is 2.76. The Kier molecular flexibility index (Phi) is 27.7. The van der Waals surface area contributed by atoms with Gasteiger partial charge in [-0.25, -0.2) is 9.97 Å². The van der Waals surface area contributed by atoms with Crippen molar-refractivity contribution in [1.82, 2.24) is 19.6 Å². The third-order valence-electron chi connectivity index (χ3n) is 4.62. The standard InChI is InChI=1S/C12H10N4O.C11H12O2.2C2H5NO.2C2H6.I2/c1-8-10(9-5-3-2-4-6-9)11(17)16-12(15-8)13-7-14-16;1-8(12)11(9(2)13)10-6-4-3-5-7-10;2*1-2(3)4;3*1-2/h2-7H,1H3,(H,13,14,15);3-7,11H,1-2H3;2*1H3,(H2,3,4);2*1-2H3;. The van der Waals surface area contributed by atoms with Crippen molar-refractivity contribution in [1.29, 1.82) is 0 Å². The topological polar surface area (TPSA) is 183 Å². The van der Waals surface area contributed by atoms with Gasteiger partial charge >= 0.3 is 0 Å². The van der Waals surface area contributed by atoms with Gasteiger partial charge in [0, 0.05) is 51.1 Å². The van der Waals surface area contributed by atoms with Gasteiger partial charge in [0.15, 0.2) is 0 Å². The highest BCUT2D eigenvalue weighted by Crippen LogP contribution is 2.18. The maximum Gasteiger partial charge on any atom is 0.282 e. The smallest absolute Gasteiger partial charge is 0.282 e. The van der Waals surface area contributed by atoms with Crippen molar-refractivity contribution in [2.45, 2.75) is 68.2 Å². The number of Topliss-reactive ketones (excluding diaryl/α,β-unsaturated/α-hetero) is 2. The van der Waals surface area contributed by atoms with Crippen LogP contribution in [0.25, 0.3) is 16.9 Å². The van der Waals surface area contributed by atoms with Gasteiger partial charge in [-0.1, -0.05) is 88.4 Å². The first kappa shape index (κ1) is 45.0. The van der Waals surface area contributed by atoms with Gasteiger partial charge in [0.05, 0.1) is 11.3 Å². The highest BCUT2D eigenvalue weighted by atomic mass is 128.